The van der Waals surface area contributed by atoms with E-state index in [0.717, 1.165) is 12.1 Å². The molecule has 134 valence electrons. The van der Waals surface area contributed by atoms with E-state index < -0.39 is 17.5 Å². The standard InChI is InChI=1S/C18H20F3N3O/c1-18(2,3)17-22-14-9-24(7-6-10(14)16(25)23-17)8-11-12(19)4-5-13(20)15(11)21/h4-5H,6-9H2,1-3H3,(H,22,23,25). The molecular weight excluding hydrogens is 331 g/mol. The molecule has 0 saturated heterocycles. The molecular formula is C18H20F3N3O. The van der Waals surface area contributed by atoms with Gasteiger partial charge in [0, 0.05) is 36.2 Å². The minimum atomic E-state index is -1.17. The molecule has 1 N–H and O–H groups in total. The fourth-order valence-corrected chi connectivity index (χ4v) is 2.92. The number of fused-ring (bicyclic) bond motifs is 1. The molecule has 0 spiro atoms. The summed E-state index contributed by atoms with van der Waals surface area (Å²) in [4.78, 5) is 21.4. The Labute approximate surface area is 143 Å². The maximum Gasteiger partial charge on any atom is 0.254 e. The predicted molar refractivity (Wildman–Crippen MR) is 87.7 cm³/mol. The molecule has 2 heterocycles. The molecule has 0 amide bonds. The van der Waals surface area contributed by atoms with Crippen LogP contribution in [0.15, 0.2) is 16.9 Å². The van der Waals surface area contributed by atoms with Gasteiger partial charge in [0.05, 0.1) is 5.69 Å². The van der Waals surface area contributed by atoms with Gasteiger partial charge < -0.3 is 4.98 Å². The molecule has 3 rings (SSSR count). The molecule has 1 aliphatic heterocycles. The van der Waals surface area contributed by atoms with E-state index in [1.807, 2.05) is 20.8 Å². The van der Waals surface area contributed by atoms with E-state index in [0.29, 0.717) is 30.0 Å². The van der Waals surface area contributed by atoms with Crippen LogP contribution in [0.1, 0.15) is 43.4 Å². The van der Waals surface area contributed by atoms with Crippen molar-refractivity contribution in [1.82, 2.24) is 14.9 Å². The van der Waals surface area contributed by atoms with Gasteiger partial charge in [0.2, 0.25) is 0 Å². The van der Waals surface area contributed by atoms with Gasteiger partial charge in [-0.3, -0.25) is 9.69 Å². The van der Waals surface area contributed by atoms with Crippen molar-refractivity contribution in [3.8, 4) is 0 Å². The highest BCUT2D eigenvalue weighted by Crippen LogP contribution is 2.23. The van der Waals surface area contributed by atoms with E-state index in [9.17, 15) is 18.0 Å². The summed E-state index contributed by atoms with van der Waals surface area (Å²) in [5.74, 6) is -2.45. The van der Waals surface area contributed by atoms with Crippen LogP contribution in [0.3, 0.4) is 0 Å². The topological polar surface area (TPSA) is 49.0 Å². The van der Waals surface area contributed by atoms with Gasteiger partial charge in [0.15, 0.2) is 11.6 Å². The first-order valence-electron chi connectivity index (χ1n) is 8.14. The van der Waals surface area contributed by atoms with E-state index in [-0.39, 0.29) is 29.6 Å². The maximum absolute atomic E-state index is 13.9. The minimum Gasteiger partial charge on any atom is -0.310 e. The zero-order valence-corrected chi connectivity index (χ0v) is 14.4. The highest BCUT2D eigenvalue weighted by Gasteiger charge is 2.26. The normalized spacial score (nSPS) is 15.3. The van der Waals surface area contributed by atoms with Crippen molar-refractivity contribution >= 4 is 0 Å². The Morgan fingerprint density at radius 1 is 1.20 bits per heavy atom. The third kappa shape index (κ3) is 3.46. The van der Waals surface area contributed by atoms with Gasteiger partial charge >= 0.3 is 0 Å². The Hall–Kier alpha value is -2.15. The van der Waals surface area contributed by atoms with Crippen molar-refractivity contribution in [3.05, 3.63) is 62.6 Å². The summed E-state index contributed by atoms with van der Waals surface area (Å²) in [7, 11) is 0. The highest BCUT2D eigenvalue weighted by molar-refractivity contribution is 5.25. The lowest BCUT2D eigenvalue weighted by Gasteiger charge is -2.29. The van der Waals surface area contributed by atoms with Gasteiger partial charge in [-0.2, -0.15) is 0 Å². The summed E-state index contributed by atoms with van der Waals surface area (Å²) in [5.41, 5.74) is 0.417. The number of hydrogen-bond donors (Lipinski definition) is 1. The predicted octanol–water partition coefficient (Wildman–Crippen LogP) is 3.04. The second-order valence-electron chi connectivity index (χ2n) is 7.37. The lowest BCUT2D eigenvalue weighted by Crippen LogP contribution is -2.37. The van der Waals surface area contributed by atoms with Gasteiger partial charge in [-0.25, -0.2) is 18.2 Å². The van der Waals surface area contributed by atoms with Crippen molar-refractivity contribution in [2.75, 3.05) is 6.54 Å². The van der Waals surface area contributed by atoms with Crippen LogP contribution in [-0.4, -0.2) is 21.4 Å². The third-order valence-corrected chi connectivity index (χ3v) is 4.38. The maximum atomic E-state index is 13.9. The summed E-state index contributed by atoms with van der Waals surface area (Å²) in [6.45, 7) is 6.48. The molecule has 0 radical (unpaired) electrons. The Morgan fingerprint density at radius 3 is 2.56 bits per heavy atom. The second-order valence-corrected chi connectivity index (χ2v) is 7.37. The molecule has 7 heteroatoms. The fourth-order valence-electron chi connectivity index (χ4n) is 2.92. The number of aromatic amines is 1. The lowest BCUT2D eigenvalue weighted by molar-refractivity contribution is 0.231. The molecule has 0 atom stereocenters. The molecule has 4 nitrogen and oxygen atoms in total. The van der Waals surface area contributed by atoms with Crippen molar-refractivity contribution in [1.29, 1.82) is 0 Å². The summed E-state index contributed by atoms with van der Waals surface area (Å²) < 4.78 is 41.1. The molecule has 25 heavy (non-hydrogen) atoms. The Kier molecular flexibility index (Phi) is 4.45. The molecule has 0 fully saturated rings. The van der Waals surface area contributed by atoms with Crippen LogP contribution in [0.4, 0.5) is 13.2 Å². The summed E-state index contributed by atoms with van der Waals surface area (Å²) in [6, 6.07) is 1.70. The van der Waals surface area contributed by atoms with Gasteiger partial charge in [-0.05, 0) is 18.6 Å². The molecule has 0 saturated carbocycles. The van der Waals surface area contributed by atoms with Crippen LogP contribution in [0.25, 0.3) is 0 Å². The van der Waals surface area contributed by atoms with Crippen LogP contribution in [-0.2, 0) is 24.9 Å². The number of halogens is 3. The van der Waals surface area contributed by atoms with Crippen LogP contribution >= 0.6 is 0 Å². The number of benzene rings is 1. The van der Waals surface area contributed by atoms with Crippen LogP contribution in [0, 0.1) is 17.5 Å². The van der Waals surface area contributed by atoms with Gasteiger partial charge in [-0.1, -0.05) is 20.8 Å². The smallest absolute Gasteiger partial charge is 0.254 e. The largest absolute Gasteiger partial charge is 0.310 e. The number of aromatic nitrogens is 2. The monoisotopic (exact) mass is 351 g/mol. The van der Waals surface area contributed by atoms with E-state index in [4.69, 9.17) is 0 Å². The third-order valence-electron chi connectivity index (χ3n) is 4.38. The van der Waals surface area contributed by atoms with Gasteiger partial charge in [0.1, 0.15) is 11.6 Å². The summed E-state index contributed by atoms with van der Waals surface area (Å²) >= 11 is 0. The average Bonchev–Trinajstić information content (AvgIpc) is 2.54. The SMILES string of the molecule is CC(C)(C)c1nc2c(c(=O)[nH]1)CCN(Cc1c(F)ccc(F)c1F)C2. The molecule has 0 aliphatic carbocycles. The summed E-state index contributed by atoms with van der Waals surface area (Å²) in [5, 5.41) is 0. The summed E-state index contributed by atoms with van der Waals surface area (Å²) in [6.07, 6.45) is 0.431. The number of nitrogens with one attached hydrogen (secondary N) is 1. The van der Waals surface area contributed by atoms with Crippen molar-refractivity contribution < 1.29 is 13.2 Å². The lowest BCUT2D eigenvalue weighted by atomic mass is 9.95. The number of rotatable bonds is 2. The van der Waals surface area contributed by atoms with Crippen LogP contribution in [0.5, 0.6) is 0 Å². The first-order valence-corrected chi connectivity index (χ1v) is 8.14. The van der Waals surface area contributed by atoms with Gasteiger partial charge in [-0.15, -0.1) is 0 Å². The zero-order valence-electron chi connectivity index (χ0n) is 14.4. The molecule has 1 aromatic carbocycles. The Morgan fingerprint density at radius 2 is 1.88 bits per heavy atom. The fraction of sp³-hybridized carbons (Fsp3) is 0.444. The molecule has 1 aliphatic rings. The van der Waals surface area contributed by atoms with E-state index in [1.165, 1.54) is 0 Å². The van der Waals surface area contributed by atoms with Crippen LogP contribution < -0.4 is 5.56 Å². The molecule has 0 bridgehead atoms. The van der Waals surface area contributed by atoms with Crippen molar-refractivity contribution in [3.63, 3.8) is 0 Å². The average molecular weight is 351 g/mol. The molecule has 0 unspecified atom stereocenters. The van der Waals surface area contributed by atoms with E-state index in [2.05, 4.69) is 9.97 Å². The first-order chi connectivity index (χ1) is 11.7. The highest BCUT2D eigenvalue weighted by atomic mass is 19.2. The molecule has 2 aromatic rings. The Bertz CT molecular complexity index is 871. The van der Waals surface area contributed by atoms with Crippen molar-refractivity contribution in [2.24, 2.45) is 0 Å². The quantitative estimate of drug-likeness (QED) is 0.846. The first kappa shape index (κ1) is 17.7. The molecule has 1 aromatic heterocycles. The number of H-pyrrole nitrogens is 1. The van der Waals surface area contributed by atoms with Crippen molar-refractivity contribution in [2.45, 2.75) is 45.7 Å². The number of hydrogen-bond acceptors (Lipinski definition) is 3. The van der Waals surface area contributed by atoms with Gasteiger partial charge in [0.25, 0.3) is 5.56 Å². The zero-order chi connectivity index (χ0) is 18.4. The minimum absolute atomic E-state index is 0.0752. The van der Waals surface area contributed by atoms with Crippen LogP contribution in [0.2, 0.25) is 0 Å². The second kappa shape index (κ2) is 6.29. The number of nitrogens with zero attached hydrogens (tertiary/aromatic N) is 2. The van der Waals surface area contributed by atoms with E-state index >= 15 is 0 Å². The Balaban J connectivity index is 1.90. The van der Waals surface area contributed by atoms with E-state index in [1.54, 1.807) is 4.90 Å².